The van der Waals surface area contributed by atoms with E-state index in [0.29, 0.717) is 0 Å². The van der Waals surface area contributed by atoms with Gasteiger partial charge in [0.05, 0.1) is 5.69 Å². The van der Waals surface area contributed by atoms with E-state index in [9.17, 15) is 8.42 Å². The Morgan fingerprint density at radius 2 is 1.60 bits per heavy atom. The molecular weight excluding hydrogens is 221 g/mol. The summed E-state index contributed by atoms with van der Waals surface area (Å²) in [5, 5.41) is 0. The molecule has 0 unspecified atom stereocenters. The zero-order valence-corrected chi connectivity index (χ0v) is 12.3. The Bertz CT molecular complexity index is 361. The molecule has 0 saturated heterocycles. The van der Waals surface area contributed by atoms with Crippen molar-refractivity contribution in [1.29, 1.82) is 0 Å². The van der Waals surface area contributed by atoms with Crippen LogP contribution in [0.25, 0.3) is 0 Å². The zero-order chi connectivity index (χ0) is 10.6. The van der Waals surface area contributed by atoms with Crippen LogP contribution in [0, 0.1) is 0 Å². The molecule has 1 N–H and O–H groups in total. The van der Waals surface area contributed by atoms with E-state index in [-0.39, 0.29) is 29.6 Å². The molecule has 5 heteroatoms. The average Bonchev–Trinajstić information content (AvgIpc) is 2.17. The number of benzene rings is 1. The van der Waals surface area contributed by atoms with Gasteiger partial charge < -0.3 is 0 Å². The first kappa shape index (κ1) is 15.0. The molecule has 0 bridgehead atoms. The molecular formula is C10H15NNaO2S. The van der Waals surface area contributed by atoms with E-state index in [2.05, 4.69) is 4.72 Å². The summed E-state index contributed by atoms with van der Waals surface area (Å²) in [7, 11) is -2.57. The summed E-state index contributed by atoms with van der Waals surface area (Å²) in [6.45, 7) is 4.02. The van der Waals surface area contributed by atoms with Crippen LogP contribution in [0.3, 0.4) is 0 Å². The van der Waals surface area contributed by atoms with Crippen LogP contribution < -0.4 is 4.72 Å². The Hall–Kier alpha value is -0.0300. The summed E-state index contributed by atoms with van der Waals surface area (Å²) in [5.41, 5.74) is 2.85. The van der Waals surface area contributed by atoms with Crippen molar-refractivity contribution in [2.45, 2.75) is 26.7 Å². The van der Waals surface area contributed by atoms with Crippen molar-refractivity contribution in [2.75, 3.05) is 4.72 Å². The number of anilines is 1. The van der Waals surface area contributed by atoms with E-state index in [1.807, 2.05) is 32.0 Å². The average molecular weight is 236 g/mol. The first-order chi connectivity index (χ1) is 6.69. The van der Waals surface area contributed by atoms with E-state index in [0.717, 1.165) is 29.7 Å². The van der Waals surface area contributed by atoms with Crippen LogP contribution >= 0.6 is 0 Å². The molecule has 0 spiro atoms. The zero-order valence-electron chi connectivity index (χ0n) is 9.41. The van der Waals surface area contributed by atoms with Gasteiger partial charge >= 0.3 is 0 Å². The van der Waals surface area contributed by atoms with Crippen LogP contribution in [-0.4, -0.2) is 38.0 Å². The van der Waals surface area contributed by atoms with Crippen molar-refractivity contribution in [2.24, 2.45) is 0 Å². The van der Waals surface area contributed by atoms with Crippen molar-refractivity contribution in [1.82, 2.24) is 0 Å². The number of thiol groups is 1. The summed E-state index contributed by atoms with van der Waals surface area (Å²) in [6, 6.07) is 5.85. The predicted molar refractivity (Wildman–Crippen MR) is 64.9 cm³/mol. The third-order valence-corrected chi connectivity index (χ3v) is 2.61. The van der Waals surface area contributed by atoms with Crippen LogP contribution in [0.1, 0.15) is 25.0 Å². The minimum Gasteiger partial charge on any atom is -0.285 e. The Morgan fingerprint density at radius 3 is 1.93 bits per heavy atom. The topological polar surface area (TPSA) is 46.2 Å². The fraction of sp³-hybridized carbons (Fsp3) is 0.400. The van der Waals surface area contributed by atoms with Gasteiger partial charge in [0.15, 0.2) is 0 Å². The van der Waals surface area contributed by atoms with Crippen molar-refractivity contribution >= 4 is 46.1 Å². The van der Waals surface area contributed by atoms with Crippen LogP contribution in [-0.2, 0) is 23.7 Å². The SMILES string of the molecule is CCc1cccc(CC)c1N[SH](=O)=O.[Na]. The van der Waals surface area contributed by atoms with E-state index in [1.165, 1.54) is 0 Å². The Balaban J connectivity index is 0.00000196. The van der Waals surface area contributed by atoms with Gasteiger partial charge in [0.1, 0.15) is 0 Å². The second-order valence-electron chi connectivity index (χ2n) is 3.03. The van der Waals surface area contributed by atoms with Crippen molar-refractivity contribution < 1.29 is 8.42 Å². The number of nitrogens with one attached hydrogen (secondary N) is 1. The monoisotopic (exact) mass is 236 g/mol. The van der Waals surface area contributed by atoms with Gasteiger partial charge in [-0.15, -0.1) is 0 Å². The fourth-order valence-electron chi connectivity index (χ4n) is 1.48. The van der Waals surface area contributed by atoms with Gasteiger partial charge in [-0.3, -0.25) is 4.72 Å². The first-order valence-corrected chi connectivity index (χ1v) is 5.88. The standard InChI is InChI=1S/C10H15NO2S.Na/c1-3-8-6-5-7-9(4-2)10(8)11-14(12)13;/h5-7,14H,3-4H2,1-2H3,(H,11,12,13);. The molecule has 0 aliphatic rings. The van der Waals surface area contributed by atoms with Gasteiger partial charge in [-0.25, -0.2) is 8.42 Å². The predicted octanol–water partition coefficient (Wildman–Crippen LogP) is 1.37. The smallest absolute Gasteiger partial charge is 0.222 e. The van der Waals surface area contributed by atoms with E-state index in [4.69, 9.17) is 0 Å². The number of rotatable bonds is 4. The van der Waals surface area contributed by atoms with Gasteiger partial charge in [-0.1, -0.05) is 32.0 Å². The number of hydrogen-bond acceptors (Lipinski definition) is 2. The van der Waals surface area contributed by atoms with Crippen LogP contribution in [0.5, 0.6) is 0 Å². The molecule has 0 heterocycles. The normalized spacial score (nSPS) is 9.80. The van der Waals surface area contributed by atoms with Crippen molar-refractivity contribution in [3.63, 3.8) is 0 Å². The van der Waals surface area contributed by atoms with Gasteiger partial charge in [0.25, 0.3) is 0 Å². The van der Waals surface area contributed by atoms with Gasteiger partial charge in [0.2, 0.25) is 10.9 Å². The van der Waals surface area contributed by atoms with Gasteiger partial charge in [-0.2, -0.15) is 0 Å². The Morgan fingerprint density at radius 1 is 1.13 bits per heavy atom. The van der Waals surface area contributed by atoms with E-state index >= 15 is 0 Å². The van der Waals surface area contributed by atoms with Gasteiger partial charge in [-0.05, 0) is 24.0 Å². The van der Waals surface area contributed by atoms with Crippen LogP contribution in [0.4, 0.5) is 5.69 Å². The third kappa shape index (κ3) is 4.15. The molecule has 0 atom stereocenters. The molecule has 0 fully saturated rings. The number of aryl methyl sites for hydroxylation is 2. The third-order valence-electron chi connectivity index (χ3n) is 2.20. The molecule has 0 aliphatic carbocycles. The molecule has 79 valence electrons. The molecule has 3 nitrogen and oxygen atoms in total. The van der Waals surface area contributed by atoms with E-state index < -0.39 is 10.9 Å². The minimum absolute atomic E-state index is 0. The minimum atomic E-state index is -2.57. The summed E-state index contributed by atoms with van der Waals surface area (Å²) >= 11 is 0. The van der Waals surface area contributed by atoms with E-state index in [1.54, 1.807) is 0 Å². The summed E-state index contributed by atoms with van der Waals surface area (Å²) in [4.78, 5) is 0. The molecule has 1 aromatic carbocycles. The largest absolute Gasteiger partial charge is 0.285 e. The molecule has 0 amide bonds. The molecule has 1 radical (unpaired) electrons. The molecule has 0 aromatic heterocycles. The number of para-hydroxylation sites is 1. The Kier molecular flexibility index (Phi) is 7.26. The fourth-order valence-corrected chi connectivity index (χ4v) is 1.95. The molecule has 0 saturated carbocycles. The van der Waals surface area contributed by atoms with Crippen molar-refractivity contribution in [3.8, 4) is 0 Å². The molecule has 1 rings (SSSR count). The number of hydrogen-bond donors (Lipinski definition) is 2. The maximum atomic E-state index is 10.6. The van der Waals surface area contributed by atoms with Gasteiger partial charge in [0, 0.05) is 29.6 Å². The summed E-state index contributed by atoms with van der Waals surface area (Å²) < 4.78 is 23.8. The quantitative estimate of drug-likeness (QED) is 0.612. The van der Waals surface area contributed by atoms with Crippen LogP contribution in [0.15, 0.2) is 18.2 Å². The molecule has 0 aliphatic heterocycles. The van der Waals surface area contributed by atoms with Crippen LogP contribution in [0.2, 0.25) is 0 Å². The Labute approximate surface area is 115 Å². The summed E-state index contributed by atoms with van der Waals surface area (Å²) in [5.74, 6) is 0. The molecule has 15 heavy (non-hydrogen) atoms. The first-order valence-electron chi connectivity index (χ1n) is 4.70. The van der Waals surface area contributed by atoms with Crippen molar-refractivity contribution in [3.05, 3.63) is 29.3 Å². The molecule has 1 aromatic rings. The maximum Gasteiger partial charge on any atom is 0.222 e. The summed E-state index contributed by atoms with van der Waals surface area (Å²) in [6.07, 6.45) is 1.67. The second kappa shape index (κ2) is 7.28. The maximum absolute atomic E-state index is 10.6. The second-order valence-corrected chi connectivity index (χ2v) is 3.77.